The van der Waals surface area contributed by atoms with Crippen LogP contribution in [0.5, 0.6) is 5.75 Å². The summed E-state index contributed by atoms with van der Waals surface area (Å²) >= 11 is 0. The molecule has 156 valence electrons. The van der Waals surface area contributed by atoms with Crippen LogP contribution >= 0.6 is 0 Å². The number of amides is 1. The second-order valence-electron chi connectivity index (χ2n) is 7.93. The molecule has 0 aromatic heterocycles. The number of anilines is 1. The first-order valence-electron chi connectivity index (χ1n) is 9.17. The summed E-state index contributed by atoms with van der Waals surface area (Å²) in [6.45, 7) is 3.02. The second kappa shape index (κ2) is 8.15. The van der Waals surface area contributed by atoms with Gasteiger partial charge in [-0.15, -0.1) is 0 Å². The molecule has 4 nitrogen and oxygen atoms in total. The van der Waals surface area contributed by atoms with E-state index in [-0.39, 0.29) is 16.6 Å². The third kappa shape index (κ3) is 4.79. The number of ether oxygens (including phenoxy) is 1. The zero-order valence-corrected chi connectivity index (χ0v) is 17.3. The lowest BCUT2D eigenvalue weighted by atomic mass is 9.93. The maximum absolute atomic E-state index is 14.4. The van der Waals surface area contributed by atoms with Crippen LogP contribution in [-0.4, -0.2) is 27.1 Å². The molecule has 0 saturated carbocycles. The lowest BCUT2D eigenvalue weighted by molar-refractivity contribution is -0.118. The number of rotatable bonds is 5. The van der Waals surface area contributed by atoms with Crippen LogP contribution in [0, 0.1) is 11.6 Å². The van der Waals surface area contributed by atoms with Crippen molar-refractivity contribution in [2.45, 2.75) is 38.7 Å². The molecule has 1 aliphatic rings. The molecule has 1 amide bonds. The third-order valence-electron chi connectivity index (χ3n) is 4.72. The summed E-state index contributed by atoms with van der Waals surface area (Å²) in [5.74, 6) is -1.82. The van der Waals surface area contributed by atoms with Crippen molar-refractivity contribution in [3.8, 4) is 5.75 Å². The number of benzene rings is 2. The molecule has 0 bridgehead atoms. The van der Waals surface area contributed by atoms with E-state index in [2.05, 4.69) is 15.4 Å². The van der Waals surface area contributed by atoms with Crippen molar-refractivity contribution in [1.82, 2.24) is 5.32 Å². The number of fused-ring (bicyclic) bond motifs is 1. The predicted octanol–water partition coefficient (Wildman–Crippen LogP) is 3.94. The molecular weight excluding hydrogens is 404 g/mol. The molecule has 1 unspecified atom stereocenters. The minimum Gasteiger partial charge on any atom is -0.435 e. The smallest absolute Gasteiger partial charge is 0.387 e. The highest BCUT2D eigenvalue weighted by atomic mass is 28.3. The fourth-order valence-electron chi connectivity index (χ4n) is 3.53. The van der Waals surface area contributed by atoms with E-state index in [1.54, 1.807) is 6.07 Å². The molecule has 0 aliphatic carbocycles. The molecule has 2 aromatic carbocycles. The summed E-state index contributed by atoms with van der Waals surface area (Å²) < 4.78 is 58.1. The van der Waals surface area contributed by atoms with Crippen molar-refractivity contribution in [3.05, 3.63) is 53.1 Å². The van der Waals surface area contributed by atoms with Gasteiger partial charge in [0.25, 0.3) is 0 Å². The molecule has 0 saturated heterocycles. The summed E-state index contributed by atoms with van der Waals surface area (Å²) in [5.41, 5.74) is 1.34. The standard InChI is InChI=1S/C20H22F4N2O2Si/c1-29(2,3)18-15(21)9-12(10-16(18)22)26-19(27)17-14-5-4-13(28-20(23)24)8-11(14)6-7-25-17/h4-5,8-10,17,20,25H,6-7H2,1-3H3,(H,26,27). The van der Waals surface area contributed by atoms with Crippen LogP contribution in [0.1, 0.15) is 17.2 Å². The average Bonchev–Trinajstić information content (AvgIpc) is 2.58. The van der Waals surface area contributed by atoms with Gasteiger partial charge in [0.1, 0.15) is 23.4 Å². The average molecular weight is 426 g/mol. The SMILES string of the molecule is C[Si](C)(C)c1c(F)cc(NC(=O)C2NCCc3cc(OC(F)F)ccc32)cc1F. The van der Waals surface area contributed by atoms with Crippen LogP contribution in [0.2, 0.25) is 19.6 Å². The Labute approximate surface area is 167 Å². The maximum Gasteiger partial charge on any atom is 0.387 e. The van der Waals surface area contributed by atoms with Gasteiger partial charge < -0.3 is 15.4 Å². The van der Waals surface area contributed by atoms with Gasteiger partial charge in [0, 0.05) is 17.4 Å². The Morgan fingerprint density at radius 1 is 1.17 bits per heavy atom. The first-order valence-corrected chi connectivity index (χ1v) is 12.7. The molecule has 0 fully saturated rings. The quantitative estimate of drug-likeness (QED) is 0.563. The van der Waals surface area contributed by atoms with E-state index in [9.17, 15) is 22.4 Å². The molecule has 2 aromatic rings. The second-order valence-corrected chi connectivity index (χ2v) is 12.9. The molecule has 1 aliphatic heterocycles. The Morgan fingerprint density at radius 3 is 2.41 bits per heavy atom. The van der Waals surface area contributed by atoms with E-state index in [0.29, 0.717) is 24.1 Å². The zero-order chi connectivity index (χ0) is 21.3. The van der Waals surface area contributed by atoms with Crippen molar-refractivity contribution in [3.63, 3.8) is 0 Å². The van der Waals surface area contributed by atoms with Gasteiger partial charge in [0.05, 0.1) is 8.07 Å². The van der Waals surface area contributed by atoms with Crippen molar-refractivity contribution in [2.24, 2.45) is 0 Å². The summed E-state index contributed by atoms with van der Waals surface area (Å²) in [4.78, 5) is 12.7. The van der Waals surface area contributed by atoms with Gasteiger partial charge in [0.15, 0.2) is 0 Å². The van der Waals surface area contributed by atoms with Gasteiger partial charge in [-0.2, -0.15) is 8.78 Å². The molecule has 3 rings (SSSR count). The zero-order valence-electron chi connectivity index (χ0n) is 16.3. The normalized spacial score (nSPS) is 16.5. The fourth-order valence-corrected chi connectivity index (χ4v) is 5.11. The fraction of sp³-hybridized carbons (Fsp3) is 0.350. The predicted molar refractivity (Wildman–Crippen MR) is 105 cm³/mol. The van der Waals surface area contributed by atoms with Crippen molar-refractivity contribution >= 4 is 24.9 Å². The van der Waals surface area contributed by atoms with Crippen LogP contribution in [0.3, 0.4) is 0 Å². The van der Waals surface area contributed by atoms with Crippen molar-refractivity contribution in [1.29, 1.82) is 0 Å². The van der Waals surface area contributed by atoms with E-state index in [4.69, 9.17) is 0 Å². The van der Waals surface area contributed by atoms with Crippen LogP contribution in [-0.2, 0) is 11.2 Å². The van der Waals surface area contributed by atoms with Crippen LogP contribution in [0.4, 0.5) is 23.2 Å². The van der Waals surface area contributed by atoms with Gasteiger partial charge in [-0.1, -0.05) is 25.7 Å². The Kier molecular flexibility index (Phi) is 5.99. The molecular formula is C20H22F4N2O2Si. The van der Waals surface area contributed by atoms with Crippen molar-refractivity contribution < 1.29 is 27.1 Å². The van der Waals surface area contributed by atoms with E-state index in [1.165, 1.54) is 12.1 Å². The minimum absolute atomic E-state index is 0.0193. The van der Waals surface area contributed by atoms with Gasteiger partial charge in [-0.25, -0.2) is 8.78 Å². The number of halogens is 4. The van der Waals surface area contributed by atoms with E-state index >= 15 is 0 Å². The summed E-state index contributed by atoms with van der Waals surface area (Å²) in [5, 5.41) is 5.67. The first kappa shape index (κ1) is 21.3. The molecule has 1 atom stereocenters. The van der Waals surface area contributed by atoms with Crippen LogP contribution in [0.15, 0.2) is 30.3 Å². The topological polar surface area (TPSA) is 50.4 Å². The molecule has 1 heterocycles. The van der Waals surface area contributed by atoms with Gasteiger partial charge in [-0.3, -0.25) is 4.79 Å². The monoisotopic (exact) mass is 426 g/mol. The van der Waals surface area contributed by atoms with E-state index in [0.717, 1.165) is 12.1 Å². The lowest BCUT2D eigenvalue weighted by Gasteiger charge is -2.27. The summed E-state index contributed by atoms with van der Waals surface area (Å²) in [7, 11) is -2.22. The number of nitrogens with one attached hydrogen (secondary N) is 2. The number of carbonyl (C=O) groups excluding carboxylic acids is 1. The Bertz CT molecular complexity index is 908. The molecule has 29 heavy (non-hydrogen) atoms. The Morgan fingerprint density at radius 2 is 1.83 bits per heavy atom. The van der Waals surface area contributed by atoms with E-state index < -0.39 is 38.3 Å². The lowest BCUT2D eigenvalue weighted by Crippen LogP contribution is -2.42. The Balaban J connectivity index is 1.82. The molecule has 9 heteroatoms. The first-order chi connectivity index (χ1) is 13.6. The number of alkyl halides is 2. The van der Waals surface area contributed by atoms with Gasteiger partial charge in [-0.05, 0) is 41.8 Å². The van der Waals surface area contributed by atoms with Crippen LogP contribution in [0.25, 0.3) is 0 Å². The highest BCUT2D eigenvalue weighted by molar-refractivity contribution is 6.88. The molecule has 2 N–H and O–H groups in total. The largest absolute Gasteiger partial charge is 0.435 e. The van der Waals surface area contributed by atoms with Gasteiger partial charge in [0.2, 0.25) is 5.91 Å². The molecule has 0 spiro atoms. The number of hydrogen-bond donors (Lipinski definition) is 2. The highest BCUT2D eigenvalue weighted by Crippen LogP contribution is 2.29. The minimum atomic E-state index is -2.93. The summed E-state index contributed by atoms with van der Waals surface area (Å²) in [6.07, 6.45) is 0.535. The summed E-state index contributed by atoms with van der Waals surface area (Å²) in [6, 6.07) is 5.85. The number of carbonyl (C=O) groups is 1. The van der Waals surface area contributed by atoms with Crippen molar-refractivity contribution in [2.75, 3.05) is 11.9 Å². The highest BCUT2D eigenvalue weighted by Gasteiger charge is 2.29. The Hall–Kier alpha value is -2.39. The van der Waals surface area contributed by atoms with Crippen LogP contribution < -0.4 is 20.6 Å². The number of hydrogen-bond acceptors (Lipinski definition) is 3. The third-order valence-corrected chi connectivity index (χ3v) is 6.69. The molecule has 0 radical (unpaired) electrons. The van der Waals surface area contributed by atoms with E-state index in [1.807, 2.05) is 19.6 Å². The maximum atomic E-state index is 14.4. The van der Waals surface area contributed by atoms with Gasteiger partial charge >= 0.3 is 6.61 Å².